The minimum atomic E-state index is 0.0700. The summed E-state index contributed by atoms with van der Waals surface area (Å²) < 4.78 is 10.7. The second kappa shape index (κ2) is 9.96. The van der Waals surface area contributed by atoms with Gasteiger partial charge in [0.25, 0.3) is 0 Å². The number of amides is 1. The summed E-state index contributed by atoms with van der Waals surface area (Å²) in [4.78, 5) is 14.6. The Morgan fingerprint density at radius 3 is 2.79 bits per heavy atom. The number of hydrogen-bond donors (Lipinski definition) is 1. The van der Waals surface area contributed by atoms with Crippen molar-refractivity contribution < 1.29 is 14.3 Å². The SMILES string of the molecule is C#CCN1CCC(C(=O)NCc2ccccc2OCCOC)CC1. The molecule has 0 unspecified atom stereocenters. The van der Waals surface area contributed by atoms with Gasteiger partial charge in [0.15, 0.2) is 0 Å². The first-order valence-electron chi connectivity index (χ1n) is 8.37. The van der Waals surface area contributed by atoms with E-state index < -0.39 is 0 Å². The van der Waals surface area contributed by atoms with Crippen molar-refractivity contribution >= 4 is 5.91 Å². The van der Waals surface area contributed by atoms with Gasteiger partial charge in [-0.2, -0.15) is 0 Å². The number of terminal acetylenes is 1. The van der Waals surface area contributed by atoms with Gasteiger partial charge in [-0.05, 0) is 32.0 Å². The van der Waals surface area contributed by atoms with Gasteiger partial charge in [0.2, 0.25) is 5.91 Å². The maximum Gasteiger partial charge on any atom is 0.223 e. The fourth-order valence-electron chi connectivity index (χ4n) is 2.83. The summed E-state index contributed by atoms with van der Waals surface area (Å²) in [5.41, 5.74) is 0.978. The smallest absolute Gasteiger partial charge is 0.223 e. The molecule has 1 aliphatic rings. The molecule has 0 aromatic heterocycles. The maximum absolute atomic E-state index is 12.4. The van der Waals surface area contributed by atoms with E-state index in [4.69, 9.17) is 15.9 Å². The third-order valence-electron chi connectivity index (χ3n) is 4.24. The molecular weight excluding hydrogens is 304 g/mol. The van der Waals surface area contributed by atoms with Gasteiger partial charge in [0.1, 0.15) is 12.4 Å². The molecule has 1 heterocycles. The Hall–Kier alpha value is -2.03. The number of hydrogen-bond acceptors (Lipinski definition) is 4. The van der Waals surface area contributed by atoms with Crippen LogP contribution < -0.4 is 10.1 Å². The number of carbonyl (C=O) groups is 1. The van der Waals surface area contributed by atoms with E-state index in [0.717, 1.165) is 37.2 Å². The maximum atomic E-state index is 12.4. The van der Waals surface area contributed by atoms with Gasteiger partial charge in [-0.3, -0.25) is 9.69 Å². The minimum absolute atomic E-state index is 0.0700. The molecule has 0 aliphatic carbocycles. The summed E-state index contributed by atoms with van der Waals surface area (Å²) in [5.74, 6) is 3.63. The molecule has 1 amide bonds. The molecule has 1 aromatic carbocycles. The van der Waals surface area contributed by atoms with Crippen LogP contribution >= 0.6 is 0 Å². The molecule has 1 aromatic rings. The van der Waals surface area contributed by atoms with E-state index in [1.165, 1.54) is 0 Å². The number of methoxy groups -OCH3 is 1. The van der Waals surface area contributed by atoms with Gasteiger partial charge in [-0.1, -0.05) is 24.1 Å². The van der Waals surface area contributed by atoms with Crippen molar-refractivity contribution in [3.8, 4) is 18.1 Å². The molecule has 1 fully saturated rings. The van der Waals surface area contributed by atoms with E-state index in [1.807, 2.05) is 24.3 Å². The zero-order chi connectivity index (χ0) is 17.2. The van der Waals surface area contributed by atoms with Gasteiger partial charge < -0.3 is 14.8 Å². The highest BCUT2D eigenvalue weighted by Gasteiger charge is 2.24. The van der Waals surface area contributed by atoms with Crippen LogP contribution in [0, 0.1) is 18.3 Å². The van der Waals surface area contributed by atoms with Crippen molar-refractivity contribution in [2.24, 2.45) is 5.92 Å². The van der Waals surface area contributed by atoms with Gasteiger partial charge >= 0.3 is 0 Å². The van der Waals surface area contributed by atoms with Crippen LogP contribution in [0.25, 0.3) is 0 Å². The predicted molar refractivity (Wildman–Crippen MR) is 93.7 cm³/mol. The third kappa shape index (κ3) is 5.55. The molecule has 0 spiro atoms. The van der Waals surface area contributed by atoms with Crippen molar-refractivity contribution in [3.05, 3.63) is 29.8 Å². The highest BCUT2D eigenvalue weighted by Crippen LogP contribution is 2.20. The molecule has 0 atom stereocenters. The lowest BCUT2D eigenvalue weighted by molar-refractivity contribution is -0.126. The van der Waals surface area contributed by atoms with Gasteiger partial charge in [0.05, 0.1) is 13.2 Å². The fourth-order valence-corrected chi connectivity index (χ4v) is 2.83. The molecule has 130 valence electrons. The van der Waals surface area contributed by atoms with Crippen LogP contribution in [0.1, 0.15) is 18.4 Å². The molecular formula is C19H26N2O3. The predicted octanol–water partition coefficient (Wildman–Crippen LogP) is 1.67. The van der Waals surface area contributed by atoms with Crippen LogP contribution in [0.2, 0.25) is 0 Å². The summed E-state index contributed by atoms with van der Waals surface area (Å²) >= 11 is 0. The Balaban J connectivity index is 1.81. The first-order chi connectivity index (χ1) is 11.7. The minimum Gasteiger partial charge on any atom is -0.491 e. The lowest BCUT2D eigenvalue weighted by Crippen LogP contribution is -2.40. The van der Waals surface area contributed by atoms with Gasteiger partial charge in [0, 0.05) is 25.1 Å². The van der Waals surface area contributed by atoms with E-state index in [2.05, 4.69) is 16.1 Å². The lowest BCUT2D eigenvalue weighted by Gasteiger charge is -2.29. The van der Waals surface area contributed by atoms with Crippen molar-refractivity contribution in [2.45, 2.75) is 19.4 Å². The Kier molecular flexibility index (Phi) is 7.60. The number of carbonyl (C=O) groups excluding carboxylic acids is 1. The first kappa shape index (κ1) is 18.3. The highest BCUT2D eigenvalue weighted by molar-refractivity contribution is 5.78. The van der Waals surface area contributed by atoms with Crippen LogP contribution in [0.4, 0.5) is 0 Å². The number of ether oxygens (including phenoxy) is 2. The van der Waals surface area contributed by atoms with Crippen molar-refractivity contribution in [2.75, 3.05) is 40.0 Å². The third-order valence-corrected chi connectivity index (χ3v) is 4.24. The fraction of sp³-hybridized carbons (Fsp3) is 0.526. The molecule has 24 heavy (non-hydrogen) atoms. The summed E-state index contributed by atoms with van der Waals surface area (Å²) in [6.07, 6.45) is 7.05. The second-order valence-corrected chi connectivity index (χ2v) is 5.92. The van der Waals surface area contributed by atoms with Gasteiger partial charge in [-0.15, -0.1) is 6.42 Å². The zero-order valence-corrected chi connectivity index (χ0v) is 14.3. The summed E-state index contributed by atoms with van der Waals surface area (Å²) in [6, 6.07) is 7.75. The van der Waals surface area contributed by atoms with E-state index in [-0.39, 0.29) is 11.8 Å². The van der Waals surface area contributed by atoms with Crippen LogP contribution in [0.3, 0.4) is 0 Å². The van der Waals surface area contributed by atoms with Crippen molar-refractivity contribution in [3.63, 3.8) is 0 Å². The number of likely N-dealkylation sites (tertiary alicyclic amines) is 1. The molecule has 1 N–H and O–H groups in total. The van der Waals surface area contributed by atoms with Gasteiger partial charge in [-0.25, -0.2) is 0 Å². The van der Waals surface area contributed by atoms with Crippen LogP contribution in [0.15, 0.2) is 24.3 Å². The van der Waals surface area contributed by atoms with E-state index in [1.54, 1.807) is 7.11 Å². The van der Waals surface area contributed by atoms with Crippen LogP contribution in [-0.4, -0.2) is 50.8 Å². The second-order valence-electron chi connectivity index (χ2n) is 5.92. The number of para-hydroxylation sites is 1. The average molecular weight is 330 g/mol. The van der Waals surface area contributed by atoms with E-state index in [0.29, 0.717) is 26.3 Å². The van der Waals surface area contributed by atoms with Crippen molar-refractivity contribution in [1.82, 2.24) is 10.2 Å². The summed E-state index contributed by atoms with van der Waals surface area (Å²) in [5, 5.41) is 3.04. The molecule has 0 bridgehead atoms. The number of nitrogens with zero attached hydrogens (tertiary/aromatic N) is 1. The normalized spacial score (nSPS) is 15.7. The Labute approximate surface area is 144 Å². The average Bonchev–Trinajstić information content (AvgIpc) is 2.62. The zero-order valence-electron chi connectivity index (χ0n) is 14.3. The summed E-state index contributed by atoms with van der Waals surface area (Å²) in [7, 11) is 1.64. The quantitative estimate of drug-likeness (QED) is 0.582. The number of piperidine rings is 1. The highest BCUT2D eigenvalue weighted by atomic mass is 16.5. The summed E-state index contributed by atoms with van der Waals surface area (Å²) in [6.45, 7) is 3.96. The topological polar surface area (TPSA) is 50.8 Å². The molecule has 5 nitrogen and oxygen atoms in total. The standard InChI is InChI=1S/C19H26N2O3/c1-3-10-21-11-8-16(9-12-21)19(22)20-15-17-6-4-5-7-18(17)24-14-13-23-2/h1,4-7,16H,8-15H2,2H3,(H,20,22). The van der Waals surface area contributed by atoms with E-state index in [9.17, 15) is 4.79 Å². The Morgan fingerprint density at radius 2 is 2.08 bits per heavy atom. The molecule has 2 rings (SSSR count). The van der Waals surface area contributed by atoms with Crippen LogP contribution in [0.5, 0.6) is 5.75 Å². The molecule has 5 heteroatoms. The number of nitrogens with one attached hydrogen (secondary N) is 1. The van der Waals surface area contributed by atoms with Crippen LogP contribution in [-0.2, 0) is 16.1 Å². The molecule has 1 aliphatic heterocycles. The van der Waals surface area contributed by atoms with Crippen molar-refractivity contribution in [1.29, 1.82) is 0 Å². The number of rotatable bonds is 8. The first-order valence-corrected chi connectivity index (χ1v) is 8.37. The Morgan fingerprint density at radius 1 is 1.33 bits per heavy atom. The largest absolute Gasteiger partial charge is 0.491 e. The Bertz CT molecular complexity index is 560. The van der Waals surface area contributed by atoms with E-state index >= 15 is 0 Å². The molecule has 0 saturated carbocycles. The molecule has 1 saturated heterocycles. The molecule has 0 radical (unpaired) electrons. The monoisotopic (exact) mass is 330 g/mol. The lowest BCUT2D eigenvalue weighted by atomic mass is 9.96. The number of benzene rings is 1.